The van der Waals surface area contributed by atoms with Crippen molar-refractivity contribution in [1.29, 1.82) is 0 Å². The fourth-order valence-electron chi connectivity index (χ4n) is 2.66. The molecule has 0 bridgehead atoms. The molecule has 27 heavy (non-hydrogen) atoms. The first-order valence-corrected chi connectivity index (χ1v) is 9.31. The summed E-state index contributed by atoms with van der Waals surface area (Å²) >= 11 is 6.03. The van der Waals surface area contributed by atoms with Gasteiger partial charge in [-0.25, -0.2) is 14.8 Å². The zero-order valence-electron chi connectivity index (χ0n) is 15.1. The topological polar surface area (TPSA) is 108 Å². The minimum atomic E-state index is -0.297. The van der Waals surface area contributed by atoms with Gasteiger partial charge in [-0.15, -0.1) is 0 Å². The highest BCUT2D eigenvalue weighted by atomic mass is 35.5. The fourth-order valence-corrected chi connectivity index (χ4v) is 2.85. The first kappa shape index (κ1) is 18.9. The van der Waals surface area contributed by atoms with Crippen LogP contribution in [0.2, 0.25) is 5.02 Å². The molecule has 3 rings (SSSR count). The number of rotatable bonds is 8. The number of nitrogens with one attached hydrogen (secondary N) is 4. The van der Waals surface area contributed by atoms with Gasteiger partial charge < -0.3 is 10.6 Å². The van der Waals surface area contributed by atoms with E-state index in [1.54, 1.807) is 12.1 Å². The summed E-state index contributed by atoms with van der Waals surface area (Å²) in [5.41, 5.74) is 1.22. The number of benzene rings is 1. The van der Waals surface area contributed by atoms with Crippen LogP contribution in [-0.4, -0.2) is 32.7 Å². The van der Waals surface area contributed by atoms with E-state index in [1.807, 2.05) is 12.1 Å². The Hall–Kier alpha value is -2.87. The zero-order valence-corrected chi connectivity index (χ0v) is 15.8. The minimum Gasteiger partial charge on any atom is -0.339 e. The maximum Gasteiger partial charge on any atom is 0.320 e. The third kappa shape index (κ3) is 5.07. The summed E-state index contributed by atoms with van der Waals surface area (Å²) in [6.45, 7) is 2.78. The lowest BCUT2D eigenvalue weighted by molar-refractivity contribution is 0.252. The number of halogens is 1. The summed E-state index contributed by atoms with van der Waals surface area (Å²) in [6, 6.07) is 6.98. The van der Waals surface area contributed by atoms with E-state index in [2.05, 4.69) is 43.0 Å². The van der Waals surface area contributed by atoms with Gasteiger partial charge in [0.25, 0.3) is 0 Å². The van der Waals surface area contributed by atoms with Crippen LogP contribution in [0.25, 0.3) is 11.0 Å². The van der Waals surface area contributed by atoms with E-state index in [0.717, 1.165) is 24.9 Å². The van der Waals surface area contributed by atoms with Gasteiger partial charge in [0.15, 0.2) is 5.65 Å². The van der Waals surface area contributed by atoms with E-state index in [0.29, 0.717) is 34.2 Å². The molecule has 4 N–H and O–H groups in total. The molecule has 9 heteroatoms. The predicted octanol–water partition coefficient (Wildman–Crippen LogP) is 4.45. The second-order valence-corrected chi connectivity index (χ2v) is 6.53. The molecule has 0 spiro atoms. The average Bonchev–Trinajstić information content (AvgIpc) is 3.05. The first-order valence-electron chi connectivity index (χ1n) is 8.94. The van der Waals surface area contributed by atoms with Crippen molar-refractivity contribution in [3.63, 3.8) is 0 Å². The molecule has 0 radical (unpaired) electrons. The molecule has 0 aliphatic carbocycles. The number of aromatic amines is 1. The third-order valence-electron chi connectivity index (χ3n) is 3.99. The summed E-state index contributed by atoms with van der Waals surface area (Å²) in [5.74, 6) is 0.954. The number of urea groups is 1. The Labute approximate surface area is 162 Å². The van der Waals surface area contributed by atoms with Gasteiger partial charge in [0, 0.05) is 17.3 Å². The Morgan fingerprint density at radius 1 is 1.22 bits per heavy atom. The largest absolute Gasteiger partial charge is 0.339 e. The molecular formula is C18H22ClN7O. The van der Waals surface area contributed by atoms with Crippen LogP contribution in [0.4, 0.5) is 22.1 Å². The molecule has 2 aromatic heterocycles. The fraction of sp³-hybridized carbons (Fsp3) is 0.333. The summed E-state index contributed by atoms with van der Waals surface area (Å²) in [6.07, 6.45) is 5.80. The number of carbonyl (C=O) groups is 1. The minimum absolute atomic E-state index is 0.297. The molecule has 142 valence electrons. The van der Waals surface area contributed by atoms with Crippen molar-refractivity contribution >= 4 is 46.0 Å². The van der Waals surface area contributed by atoms with Crippen molar-refractivity contribution in [3.8, 4) is 0 Å². The summed E-state index contributed by atoms with van der Waals surface area (Å²) in [5, 5.41) is 16.9. The lowest BCUT2D eigenvalue weighted by atomic mass is 10.2. The van der Waals surface area contributed by atoms with Gasteiger partial charge in [-0.05, 0) is 24.6 Å². The highest BCUT2D eigenvalue weighted by Gasteiger charge is 2.15. The smallest absolute Gasteiger partial charge is 0.320 e. The van der Waals surface area contributed by atoms with Gasteiger partial charge in [0.1, 0.15) is 23.3 Å². The molecular weight excluding hydrogens is 366 g/mol. The molecule has 0 aliphatic heterocycles. The number of amides is 2. The van der Waals surface area contributed by atoms with E-state index in [1.165, 1.54) is 12.7 Å². The lowest BCUT2D eigenvalue weighted by Gasteiger charge is -2.09. The van der Waals surface area contributed by atoms with Gasteiger partial charge in [-0.2, -0.15) is 5.10 Å². The SMILES string of the molecule is CCCCCCNC(=O)Nc1[nH]nc2ncnc(Nc3cccc(Cl)c3)c12. The van der Waals surface area contributed by atoms with Crippen LogP contribution in [0.3, 0.4) is 0 Å². The van der Waals surface area contributed by atoms with Gasteiger partial charge >= 0.3 is 6.03 Å². The lowest BCUT2D eigenvalue weighted by Crippen LogP contribution is -2.29. The monoisotopic (exact) mass is 387 g/mol. The standard InChI is InChI=1S/C18H22ClN7O/c1-2-3-4-5-9-20-18(27)24-17-14-15(21-11-22-16(14)25-26-17)23-13-8-6-7-12(19)10-13/h6-8,10-11H,2-5,9H2,1H3,(H4,20,21,22,23,24,25,26,27). The molecule has 0 unspecified atom stereocenters. The molecule has 1 aromatic carbocycles. The van der Waals surface area contributed by atoms with Crippen molar-refractivity contribution in [2.45, 2.75) is 32.6 Å². The second kappa shape index (κ2) is 9.18. The highest BCUT2D eigenvalue weighted by Crippen LogP contribution is 2.28. The van der Waals surface area contributed by atoms with Crippen LogP contribution in [-0.2, 0) is 0 Å². The normalized spacial score (nSPS) is 10.7. The van der Waals surface area contributed by atoms with Crippen molar-refractivity contribution in [1.82, 2.24) is 25.5 Å². The number of fused-ring (bicyclic) bond motifs is 1. The van der Waals surface area contributed by atoms with Crippen LogP contribution >= 0.6 is 11.6 Å². The molecule has 0 atom stereocenters. The quantitative estimate of drug-likeness (QED) is 0.427. The van der Waals surface area contributed by atoms with Crippen molar-refractivity contribution in [3.05, 3.63) is 35.6 Å². The van der Waals surface area contributed by atoms with Crippen LogP contribution in [0.1, 0.15) is 32.6 Å². The molecule has 0 saturated heterocycles. The summed E-state index contributed by atoms with van der Waals surface area (Å²) in [7, 11) is 0. The number of anilines is 3. The van der Waals surface area contributed by atoms with Crippen LogP contribution in [0.15, 0.2) is 30.6 Å². The van der Waals surface area contributed by atoms with E-state index in [9.17, 15) is 4.79 Å². The maximum atomic E-state index is 12.2. The molecule has 0 saturated carbocycles. The number of aromatic nitrogens is 4. The Balaban J connectivity index is 1.72. The van der Waals surface area contributed by atoms with Crippen LogP contribution < -0.4 is 16.0 Å². The van der Waals surface area contributed by atoms with E-state index in [-0.39, 0.29) is 6.03 Å². The number of carbonyl (C=O) groups excluding carboxylic acids is 1. The highest BCUT2D eigenvalue weighted by molar-refractivity contribution is 6.30. The predicted molar refractivity (Wildman–Crippen MR) is 108 cm³/mol. The Kier molecular flexibility index (Phi) is 6.43. The molecule has 2 heterocycles. The number of nitrogens with zero attached hydrogens (tertiary/aromatic N) is 3. The van der Waals surface area contributed by atoms with Crippen LogP contribution in [0.5, 0.6) is 0 Å². The molecule has 0 fully saturated rings. The molecule has 0 aliphatic rings. The number of H-pyrrole nitrogens is 1. The maximum absolute atomic E-state index is 12.2. The van der Waals surface area contributed by atoms with E-state index in [4.69, 9.17) is 11.6 Å². The molecule has 2 amide bonds. The Morgan fingerprint density at radius 2 is 2.11 bits per heavy atom. The Bertz CT molecular complexity index is 912. The van der Waals surface area contributed by atoms with Gasteiger partial charge in [-0.3, -0.25) is 10.4 Å². The molecule has 8 nitrogen and oxygen atoms in total. The van der Waals surface area contributed by atoms with Gasteiger partial charge in [-0.1, -0.05) is 43.9 Å². The van der Waals surface area contributed by atoms with E-state index >= 15 is 0 Å². The third-order valence-corrected chi connectivity index (χ3v) is 4.23. The number of unbranched alkanes of at least 4 members (excludes halogenated alkanes) is 3. The summed E-state index contributed by atoms with van der Waals surface area (Å²) in [4.78, 5) is 20.6. The van der Waals surface area contributed by atoms with Gasteiger partial charge in [0.2, 0.25) is 0 Å². The zero-order chi connectivity index (χ0) is 19.1. The Morgan fingerprint density at radius 3 is 2.93 bits per heavy atom. The van der Waals surface area contributed by atoms with E-state index < -0.39 is 0 Å². The van der Waals surface area contributed by atoms with Gasteiger partial charge in [0.05, 0.1) is 0 Å². The number of hydrogen-bond donors (Lipinski definition) is 4. The first-order chi connectivity index (χ1) is 13.2. The summed E-state index contributed by atoms with van der Waals surface area (Å²) < 4.78 is 0. The van der Waals surface area contributed by atoms with Crippen LogP contribution in [0, 0.1) is 0 Å². The van der Waals surface area contributed by atoms with Crippen molar-refractivity contribution in [2.24, 2.45) is 0 Å². The van der Waals surface area contributed by atoms with Crippen molar-refractivity contribution < 1.29 is 4.79 Å². The molecule has 3 aromatic rings. The second-order valence-electron chi connectivity index (χ2n) is 6.10. The number of hydrogen-bond acceptors (Lipinski definition) is 5. The average molecular weight is 388 g/mol. The van der Waals surface area contributed by atoms with Crippen molar-refractivity contribution in [2.75, 3.05) is 17.2 Å².